The van der Waals surface area contributed by atoms with Crippen LogP contribution in [0.1, 0.15) is 11.1 Å². The monoisotopic (exact) mass is 451 g/mol. The molecule has 0 bridgehead atoms. The van der Waals surface area contributed by atoms with Gasteiger partial charge in [-0.1, -0.05) is 40.2 Å². The second-order valence-corrected chi connectivity index (χ2v) is 7.59. The molecule has 7 nitrogen and oxygen atoms in total. The van der Waals surface area contributed by atoms with E-state index < -0.39 is 0 Å². The van der Waals surface area contributed by atoms with Crippen LogP contribution in [0.25, 0.3) is 10.9 Å². The summed E-state index contributed by atoms with van der Waals surface area (Å²) in [6, 6.07) is 13.3. The number of benzene rings is 2. The number of rotatable bonds is 6. The highest BCUT2D eigenvalue weighted by Gasteiger charge is 2.09. The van der Waals surface area contributed by atoms with Gasteiger partial charge in [0, 0.05) is 30.0 Å². The van der Waals surface area contributed by atoms with Gasteiger partial charge in [0.1, 0.15) is 6.54 Å². The van der Waals surface area contributed by atoms with E-state index >= 15 is 0 Å². The van der Waals surface area contributed by atoms with Crippen molar-refractivity contribution in [1.29, 1.82) is 0 Å². The average molecular weight is 452 g/mol. The lowest BCUT2D eigenvalue weighted by Crippen LogP contribution is -2.32. The molecule has 1 amide bonds. The van der Waals surface area contributed by atoms with Crippen LogP contribution in [-0.2, 0) is 24.4 Å². The number of nitrogens with zero attached hydrogens (tertiary/aromatic N) is 4. The van der Waals surface area contributed by atoms with Gasteiger partial charge in [-0.15, -0.1) is 0 Å². The molecule has 0 saturated carbocycles. The summed E-state index contributed by atoms with van der Waals surface area (Å²) >= 11 is 3.36. The average Bonchev–Trinajstić information content (AvgIpc) is 3.22. The lowest BCUT2D eigenvalue weighted by molar-refractivity contribution is -0.121. The summed E-state index contributed by atoms with van der Waals surface area (Å²) in [4.78, 5) is 33.3. The third-order valence-corrected chi connectivity index (χ3v) is 5.00. The van der Waals surface area contributed by atoms with Crippen LogP contribution in [0.5, 0.6) is 0 Å². The minimum Gasteiger partial charge on any atom is -0.350 e. The van der Waals surface area contributed by atoms with Crippen LogP contribution >= 0.6 is 15.9 Å². The van der Waals surface area contributed by atoms with E-state index in [0.29, 0.717) is 17.4 Å². The maximum absolute atomic E-state index is 12.6. The zero-order chi connectivity index (χ0) is 20.2. The summed E-state index contributed by atoms with van der Waals surface area (Å²) in [5, 5.41) is 3.34. The number of aromatic nitrogens is 4. The molecule has 0 aliphatic rings. The number of imidazole rings is 1. The van der Waals surface area contributed by atoms with Crippen LogP contribution in [0.2, 0.25) is 0 Å². The van der Waals surface area contributed by atoms with Crippen molar-refractivity contribution in [2.24, 2.45) is 0 Å². The first-order valence-electron chi connectivity index (χ1n) is 9.03. The highest BCUT2D eigenvalue weighted by molar-refractivity contribution is 9.10. The first kappa shape index (κ1) is 19.1. The van der Waals surface area contributed by atoms with E-state index in [0.717, 1.165) is 22.1 Å². The van der Waals surface area contributed by atoms with E-state index in [1.165, 1.54) is 10.9 Å². The van der Waals surface area contributed by atoms with Gasteiger partial charge in [0.25, 0.3) is 5.56 Å². The third-order valence-electron chi connectivity index (χ3n) is 4.51. The minimum atomic E-state index is -0.247. The van der Waals surface area contributed by atoms with Crippen LogP contribution in [0.4, 0.5) is 0 Å². The second kappa shape index (κ2) is 8.40. The normalized spacial score (nSPS) is 10.9. The quantitative estimate of drug-likeness (QED) is 0.488. The molecule has 0 atom stereocenters. The molecule has 0 radical (unpaired) electrons. The van der Waals surface area contributed by atoms with Crippen molar-refractivity contribution < 1.29 is 4.79 Å². The molecule has 0 unspecified atom stereocenters. The molecule has 0 saturated heterocycles. The van der Waals surface area contributed by atoms with Gasteiger partial charge in [-0.2, -0.15) is 0 Å². The Hall–Kier alpha value is -3.26. The van der Waals surface area contributed by atoms with Crippen molar-refractivity contribution in [3.05, 3.63) is 93.5 Å². The van der Waals surface area contributed by atoms with Crippen molar-refractivity contribution in [1.82, 2.24) is 24.4 Å². The van der Waals surface area contributed by atoms with Crippen LogP contribution < -0.4 is 10.9 Å². The molecule has 146 valence electrons. The number of carbonyl (C=O) groups is 1. The number of hydrogen-bond acceptors (Lipinski definition) is 4. The van der Waals surface area contributed by atoms with Crippen LogP contribution in [-0.4, -0.2) is 25.0 Å². The Morgan fingerprint density at radius 1 is 1.10 bits per heavy atom. The topological polar surface area (TPSA) is 81.8 Å². The summed E-state index contributed by atoms with van der Waals surface area (Å²) in [5.74, 6) is -0.247. The Morgan fingerprint density at radius 3 is 2.79 bits per heavy atom. The number of carbonyl (C=O) groups excluding carboxylic acids is 1. The molecule has 0 aliphatic carbocycles. The number of fused-ring (bicyclic) bond motifs is 1. The maximum Gasteiger partial charge on any atom is 0.261 e. The zero-order valence-electron chi connectivity index (χ0n) is 15.5. The van der Waals surface area contributed by atoms with Gasteiger partial charge in [0.05, 0.1) is 23.6 Å². The molecule has 2 aromatic heterocycles. The molecule has 2 heterocycles. The predicted molar refractivity (Wildman–Crippen MR) is 113 cm³/mol. The van der Waals surface area contributed by atoms with Crippen LogP contribution in [0.15, 0.2) is 76.8 Å². The SMILES string of the molecule is O=C(Cn1cnc2ccc(Br)cc2c1=O)NCc1cccc(Cn2ccnc2)c1. The Kier molecular flexibility index (Phi) is 5.53. The van der Waals surface area contributed by atoms with Gasteiger partial charge in [-0.3, -0.25) is 14.2 Å². The summed E-state index contributed by atoms with van der Waals surface area (Å²) in [6.45, 7) is 1.02. The van der Waals surface area contributed by atoms with Crippen molar-refractivity contribution in [3.8, 4) is 0 Å². The summed E-state index contributed by atoms with van der Waals surface area (Å²) < 4.78 is 4.09. The molecule has 29 heavy (non-hydrogen) atoms. The first-order valence-corrected chi connectivity index (χ1v) is 9.83. The molecule has 8 heteroatoms. The van der Waals surface area contributed by atoms with Gasteiger partial charge in [0.2, 0.25) is 5.91 Å². The second-order valence-electron chi connectivity index (χ2n) is 6.67. The number of hydrogen-bond donors (Lipinski definition) is 1. The fourth-order valence-corrected chi connectivity index (χ4v) is 3.45. The molecule has 4 rings (SSSR count). The number of amides is 1. The molecule has 0 spiro atoms. The Bertz CT molecular complexity index is 1220. The molecule has 4 aromatic rings. The van der Waals surface area contributed by atoms with Crippen LogP contribution in [0.3, 0.4) is 0 Å². The fourth-order valence-electron chi connectivity index (χ4n) is 3.08. The summed E-state index contributed by atoms with van der Waals surface area (Å²) in [7, 11) is 0. The van der Waals surface area contributed by atoms with E-state index in [2.05, 4.69) is 31.2 Å². The van der Waals surface area contributed by atoms with Crippen molar-refractivity contribution in [2.75, 3.05) is 0 Å². The minimum absolute atomic E-state index is 0.0803. The van der Waals surface area contributed by atoms with Crippen LogP contribution in [0, 0.1) is 0 Å². The van der Waals surface area contributed by atoms with Gasteiger partial charge >= 0.3 is 0 Å². The summed E-state index contributed by atoms with van der Waals surface area (Å²) in [6.07, 6.45) is 6.82. The van der Waals surface area contributed by atoms with E-state index in [1.54, 1.807) is 24.7 Å². The molecular weight excluding hydrogens is 434 g/mol. The van der Waals surface area contributed by atoms with Crippen molar-refractivity contribution >= 4 is 32.7 Å². The standard InChI is InChI=1S/C21H18BrN5O2/c22-17-4-5-19-18(9-17)21(29)27(14-25-19)12-20(28)24-10-15-2-1-3-16(8-15)11-26-7-6-23-13-26/h1-9,13-14H,10-12H2,(H,24,28). The highest BCUT2D eigenvalue weighted by atomic mass is 79.9. The van der Waals surface area contributed by atoms with Crippen molar-refractivity contribution in [2.45, 2.75) is 19.6 Å². The zero-order valence-corrected chi connectivity index (χ0v) is 17.0. The first-order chi connectivity index (χ1) is 14.1. The van der Waals surface area contributed by atoms with Gasteiger partial charge in [-0.25, -0.2) is 9.97 Å². The molecule has 1 N–H and O–H groups in total. The van der Waals surface area contributed by atoms with E-state index in [9.17, 15) is 9.59 Å². The smallest absolute Gasteiger partial charge is 0.261 e. The fraction of sp³-hybridized carbons (Fsp3) is 0.143. The summed E-state index contributed by atoms with van der Waals surface area (Å²) in [5.41, 5.74) is 2.47. The number of nitrogens with one attached hydrogen (secondary N) is 1. The molecule has 0 aliphatic heterocycles. The van der Waals surface area contributed by atoms with Gasteiger partial charge in [-0.05, 0) is 29.3 Å². The molecule has 0 fully saturated rings. The van der Waals surface area contributed by atoms with E-state index in [-0.39, 0.29) is 18.0 Å². The Labute approximate surface area is 175 Å². The van der Waals surface area contributed by atoms with E-state index in [1.807, 2.05) is 41.1 Å². The maximum atomic E-state index is 12.6. The van der Waals surface area contributed by atoms with Gasteiger partial charge in [0.15, 0.2) is 0 Å². The third kappa shape index (κ3) is 4.60. The van der Waals surface area contributed by atoms with E-state index in [4.69, 9.17) is 0 Å². The lowest BCUT2D eigenvalue weighted by atomic mass is 10.1. The van der Waals surface area contributed by atoms with Crippen molar-refractivity contribution in [3.63, 3.8) is 0 Å². The molecule has 2 aromatic carbocycles. The Morgan fingerprint density at radius 2 is 1.97 bits per heavy atom. The molecular formula is C21H18BrN5O2. The van der Waals surface area contributed by atoms with Gasteiger partial charge < -0.3 is 9.88 Å². The number of halogens is 1. The Balaban J connectivity index is 1.41. The predicted octanol–water partition coefficient (Wildman–Crippen LogP) is 2.72. The lowest BCUT2D eigenvalue weighted by Gasteiger charge is -2.09. The highest BCUT2D eigenvalue weighted by Crippen LogP contribution is 2.14. The largest absolute Gasteiger partial charge is 0.350 e.